The average Bonchev–Trinajstić information content (AvgIpc) is 3.68. The largest absolute Gasteiger partial charge is 0.416 e. The molecule has 35 heavy (non-hydrogen) atoms. The molecule has 3 aliphatic rings. The van der Waals surface area contributed by atoms with Gasteiger partial charge in [-0.1, -0.05) is 54.6 Å². The van der Waals surface area contributed by atoms with Gasteiger partial charge in [0.2, 0.25) is 0 Å². The number of hydrogen-bond acceptors (Lipinski definition) is 4. The Morgan fingerprint density at radius 3 is 2.31 bits per heavy atom. The number of fused-ring (bicyclic) bond motifs is 1. The molecule has 2 heterocycles. The summed E-state index contributed by atoms with van der Waals surface area (Å²) in [6, 6.07) is 21.5. The minimum absolute atomic E-state index is 0.416. The van der Waals surface area contributed by atoms with E-state index in [0.717, 1.165) is 36.0 Å². The highest BCUT2D eigenvalue weighted by Crippen LogP contribution is 2.45. The van der Waals surface area contributed by atoms with Gasteiger partial charge in [0.1, 0.15) is 5.84 Å². The maximum atomic E-state index is 13.4. The van der Waals surface area contributed by atoms with Gasteiger partial charge in [0, 0.05) is 13.1 Å². The van der Waals surface area contributed by atoms with Gasteiger partial charge in [-0.3, -0.25) is 9.89 Å². The van der Waals surface area contributed by atoms with Crippen molar-refractivity contribution in [2.24, 2.45) is 15.7 Å². The fraction of sp³-hybridized carbons (Fsp3) is 0.286. The van der Waals surface area contributed by atoms with E-state index in [-0.39, 0.29) is 0 Å². The van der Waals surface area contributed by atoms with Gasteiger partial charge in [-0.15, -0.1) is 0 Å². The molecular formula is C28H25F3N4. The van der Waals surface area contributed by atoms with Gasteiger partial charge in [-0.05, 0) is 71.2 Å². The van der Waals surface area contributed by atoms with Crippen molar-refractivity contribution in [3.05, 3.63) is 95.1 Å². The van der Waals surface area contributed by atoms with Gasteiger partial charge in [-0.2, -0.15) is 13.2 Å². The van der Waals surface area contributed by atoms with Crippen molar-refractivity contribution in [2.45, 2.75) is 36.9 Å². The van der Waals surface area contributed by atoms with E-state index in [1.807, 2.05) is 29.2 Å². The molecule has 1 atom stereocenters. The Morgan fingerprint density at radius 1 is 0.886 bits per heavy atom. The Balaban J connectivity index is 1.51. The van der Waals surface area contributed by atoms with Crippen molar-refractivity contribution in [2.75, 3.05) is 13.1 Å². The molecule has 6 rings (SSSR count). The minimum Gasteiger partial charge on any atom is -0.369 e. The zero-order chi connectivity index (χ0) is 24.2. The number of amidine groups is 1. The van der Waals surface area contributed by atoms with Crippen LogP contribution in [0.3, 0.4) is 0 Å². The van der Waals surface area contributed by atoms with E-state index in [0.29, 0.717) is 29.5 Å². The van der Waals surface area contributed by atoms with Gasteiger partial charge in [0.05, 0.1) is 5.56 Å². The first-order valence-corrected chi connectivity index (χ1v) is 11.9. The van der Waals surface area contributed by atoms with Crippen LogP contribution in [-0.4, -0.2) is 29.8 Å². The third-order valence-electron chi connectivity index (χ3n) is 7.12. The smallest absolute Gasteiger partial charge is 0.369 e. The first-order chi connectivity index (χ1) is 16.9. The van der Waals surface area contributed by atoms with Crippen LogP contribution < -0.4 is 5.73 Å². The van der Waals surface area contributed by atoms with Gasteiger partial charge in [0.25, 0.3) is 0 Å². The Kier molecular flexibility index (Phi) is 4.99. The Labute approximate surface area is 202 Å². The van der Waals surface area contributed by atoms with Crippen molar-refractivity contribution >= 4 is 11.8 Å². The molecule has 2 N–H and O–H groups in total. The van der Waals surface area contributed by atoms with Crippen molar-refractivity contribution in [3.63, 3.8) is 0 Å². The molecule has 0 spiro atoms. The van der Waals surface area contributed by atoms with Gasteiger partial charge in [-0.25, -0.2) is 4.99 Å². The normalized spacial score (nSPS) is 22.0. The zero-order valence-electron chi connectivity index (χ0n) is 19.1. The Hall–Kier alpha value is -3.61. The summed E-state index contributed by atoms with van der Waals surface area (Å²) in [6.07, 6.45) is -1.08. The summed E-state index contributed by atoms with van der Waals surface area (Å²) in [5, 5.41) is 0. The summed E-state index contributed by atoms with van der Waals surface area (Å²) in [4.78, 5) is 11.8. The van der Waals surface area contributed by atoms with Gasteiger partial charge < -0.3 is 5.73 Å². The minimum atomic E-state index is -4.40. The lowest BCUT2D eigenvalue weighted by Gasteiger charge is -2.33. The molecule has 0 saturated heterocycles. The van der Waals surface area contributed by atoms with Crippen LogP contribution in [0.1, 0.15) is 47.4 Å². The molecular weight excluding hydrogens is 449 g/mol. The van der Waals surface area contributed by atoms with E-state index >= 15 is 0 Å². The number of nitrogens with zero attached hydrogens (tertiary/aromatic N) is 3. The maximum absolute atomic E-state index is 13.4. The predicted molar refractivity (Wildman–Crippen MR) is 131 cm³/mol. The highest BCUT2D eigenvalue weighted by molar-refractivity contribution is 6.12. The third kappa shape index (κ3) is 3.70. The number of nitrogens with two attached hydrogens (primary N) is 1. The molecule has 1 aliphatic carbocycles. The van der Waals surface area contributed by atoms with Crippen LogP contribution in [0.15, 0.2) is 82.8 Å². The van der Waals surface area contributed by atoms with Gasteiger partial charge >= 0.3 is 6.18 Å². The third-order valence-corrected chi connectivity index (χ3v) is 7.12. The summed E-state index contributed by atoms with van der Waals surface area (Å²) in [6.45, 7) is 1.42. The van der Waals surface area contributed by atoms with Crippen molar-refractivity contribution in [1.29, 1.82) is 0 Å². The topological polar surface area (TPSA) is 54.0 Å². The second-order valence-corrected chi connectivity index (χ2v) is 9.45. The van der Waals surface area contributed by atoms with E-state index in [1.165, 1.54) is 30.5 Å². The van der Waals surface area contributed by atoms with Gasteiger partial charge in [0.15, 0.2) is 11.5 Å². The average molecular weight is 475 g/mol. The lowest BCUT2D eigenvalue weighted by Crippen LogP contribution is -2.46. The van der Waals surface area contributed by atoms with Crippen LogP contribution in [-0.2, 0) is 11.7 Å². The van der Waals surface area contributed by atoms with E-state index in [1.54, 1.807) is 6.07 Å². The number of benzene rings is 3. The van der Waals surface area contributed by atoms with Crippen LogP contribution in [0.5, 0.6) is 0 Å². The molecule has 7 heteroatoms. The number of rotatable bonds is 4. The Bertz CT molecular complexity index is 1340. The monoisotopic (exact) mass is 474 g/mol. The first kappa shape index (κ1) is 21.9. The maximum Gasteiger partial charge on any atom is 0.416 e. The zero-order valence-corrected chi connectivity index (χ0v) is 19.1. The van der Waals surface area contributed by atoms with E-state index in [9.17, 15) is 13.2 Å². The van der Waals surface area contributed by atoms with E-state index < -0.39 is 17.3 Å². The quantitative estimate of drug-likeness (QED) is 0.510. The van der Waals surface area contributed by atoms with Crippen molar-refractivity contribution in [1.82, 2.24) is 4.90 Å². The molecule has 0 amide bonds. The van der Waals surface area contributed by atoms with Crippen LogP contribution >= 0.6 is 0 Å². The number of halogens is 3. The molecule has 1 unspecified atom stereocenters. The fourth-order valence-corrected chi connectivity index (χ4v) is 5.19. The Morgan fingerprint density at radius 2 is 1.60 bits per heavy atom. The summed E-state index contributed by atoms with van der Waals surface area (Å²) in [7, 11) is 0. The standard InChI is InChI=1S/C28H25F3N4/c29-28(30,31)24-7-2-5-21(17-24)20-4-1-6-23(16-20)27(22-12-10-19(11-13-22)18-8-9-18)25-33-14-3-15-35(25)26(32)34-27/h1-2,4-7,10-13,16-18H,3,8-9,14-15H2,(H2,32,34). The van der Waals surface area contributed by atoms with Crippen LogP contribution in [0, 0.1) is 0 Å². The summed E-state index contributed by atoms with van der Waals surface area (Å²) >= 11 is 0. The molecule has 0 radical (unpaired) electrons. The van der Waals surface area contributed by atoms with Crippen LogP contribution in [0.2, 0.25) is 0 Å². The van der Waals surface area contributed by atoms with E-state index in [4.69, 9.17) is 15.7 Å². The number of alkyl halides is 3. The summed E-state index contributed by atoms with van der Waals surface area (Å²) in [5.41, 5.74) is 9.09. The number of hydrogen-bond donors (Lipinski definition) is 1. The lowest BCUT2D eigenvalue weighted by molar-refractivity contribution is -0.137. The molecule has 2 aliphatic heterocycles. The second kappa shape index (κ2) is 7.97. The van der Waals surface area contributed by atoms with Crippen LogP contribution in [0.25, 0.3) is 11.1 Å². The molecule has 4 nitrogen and oxygen atoms in total. The molecule has 0 aromatic heterocycles. The fourth-order valence-electron chi connectivity index (χ4n) is 5.19. The van der Waals surface area contributed by atoms with Crippen LogP contribution in [0.4, 0.5) is 13.2 Å². The number of guanidine groups is 1. The first-order valence-electron chi connectivity index (χ1n) is 11.9. The molecule has 178 valence electrons. The van der Waals surface area contributed by atoms with Crippen molar-refractivity contribution < 1.29 is 13.2 Å². The molecule has 0 bridgehead atoms. The van der Waals surface area contributed by atoms with Crippen molar-refractivity contribution in [3.8, 4) is 11.1 Å². The summed E-state index contributed by atoms with van der Waals surface area (Å²) < 4.78 is 40.1. The molecule has 1 fully saturated rings. The molecule has 3 aromatic rings. The number of aliphatic imine (C=N–C) groups is 2. The highest BCUT2D eigenvalue weighted by Gasteiger charge is 2.49. The predicted octanol–water partition coefficient (Wildman–Crippen LogP) is 5.93. The molecule has 3 aromatic carbocycles. The second-order valence-electron chi connectivity index (χ2n) is 9.45. The van der Waals surface area contributed by atoms with E-state index in [2.05, 4.69) is 24.3 Å². The molecule has 1 saturated carbocycles. The lowest BCUT2D eigenvalue weighted by atomic mass is 9.80. The summed E-state index contributed by atoms with van der Waals surface area (Å²) in [5.74, 6) is 1.82. The highest BCUT2D eigenvalue weighted by atomic mass is 19.4. The SMILES string of the molecule is NC1=NC(c2ccc(C3CC3)cc2)(c2cccc(-c3cccc(C(F)(F)F)c3)c2)C2=NCCCN12.